The molecule has 1 atom stereocenters. The summed E-state index contributed by atoms with van der Waals surface area (Å²) < 4.78 is 32.2. The van der Waals surface area contributed by atoms with Crippen LogP contribution in [0.4, 0.5) is 8.78 Å². The summed E-state index contributed by atoms with van der Waals surface area (Å²) in [6.07, 6.45) is 4.76. The SMILES string of the molecule is CC[C@H](CCCCC(=O)c1cccc(F)c1F)c1noc(-c2ccccn2)n1. The average molecular weight is 385 g/mol. The van der Waals surface area contributed by atoms with Crippen LogP contribution in [0.15, 0.2) is 47.1 Å². The van der Waals surface area contributed by atoms with Crippen LogP contribution in [0.5, 0.6) is 0 Å². The summed E-state index contributed by atoms with van der Waals surface area (Å²) in [6.45, 7) is 2.04. The first-order valence-electron chi connectivity index (χ1n) is 9.32. The lowest BCUT2D eigenvalue weighted by atomic mass is 9.96. The van der Waals surface area contributed by atoms with Crippen LogP contribution >= 0.6 is 0 Å². The van der Waals surface area contributed by atoms with Gasteiger partial charge < -0.3 is 4.52 Å². The molecule has 3 aromatic rings. The predicted molar refractivity (Wildman–Crippen MR) is 99.7 cm³/mol. The van der Waals surface area contributed by atoms with Crippen LogP contribution in [-0.4, -0.2) is 20.9 Å². The highest BCUT2D eigenvalue weighted by Gasteiger charge is 2.19. The van der Waals surface area contributed by atoms with Gasteiger partial charge in [-0.1, -0.05) is 30.6 Å². The number of benzene rings is 1. The van der Waals surface area contributed by atoms with Crippen LogP contribution in [0.3, 0.4) is 0 Å². The minimum atomic E-state index is -1.08. The predicted octanol–water partition coefficient (Wildman–Crippen LogP) is 5.35. The van der Waals surface area contributed by atoms with Crippen molar-refractivity contribution in [3.8, 4) is 11.6 Å². The Balaban J connectivity index is 1.53. The molecule has 146 valence electrons. The minimum absolute atomic E-state index is 0.0993. The molecule has 0 amide bonds. The molecule has 1 aromatic carbocycles. The Morgan fingerprint density at radius 1 is 1.14 bits per heavy atom. The Labute approximate surface area is 161 Å². The van der Waals surface area contributed by atoms with Gasteiger partial charge in [0.2, 0.25) is 0 Å². The van der Waals surface area contributed by atoms with E-state index in [1.54, 1.807) is 12.3 Å². The number of pyridine rings is 1. The molecule has 0 fully saturated rings. The summed E-state index contributed by atoms with van der Waals surface area (Å²) >= 11 is 0. The molecule has 0 aliphatic carbocycles. The molecule has 3 rings (SSSR count). The molecule has 5 nitrogen and oxygen atoms in total. The van der Waals surface area contributed by atoms with Crippen molar-refractivity contribution in [1.29, 1.82) is 0 Å². The maximum atomic E-state index is 13.7. The van der Waals surface area contributed by atoms with Gasteiger partial charge in [-0.05, 0) is 43.5 Å². The van der Waals surface area contributed by atoms with Crippen LogP contribution < -0.4 is 0 Å². The molecule has 0 saturated heterocycles. The van der Waals surface area contributed by atoms with Crippen molar-refractivity contribution in [2.24, 2.45) is 0 Å². The fourth-order valence-electron chi connectivity index (χ4n) is 3.04. The fourth-order valence-corrected chi connectivity index (χ4v) is 3.04. The van der Waals surface area contributed by atoms with Gasteiger partial charge in [0, 0.05) is 18.5 Å². The third-order valence-corrected chi connectivity index (χ3v) is 4.64. The number of halogens is 2. The third-order valence-electron chi connectivity index (χ3n) is 4.64. The lowest BCUT2D eigenvalue weighted by Gasteiger charge is -2.10. The molecule has 28 heavy (non-hydrogen) atoms. The number of aromatic nitrogens is 3. The first-order chi connectivity index (χ1) is 13.6. The average Bonchev–Trinajstić information content (AvgIpc) is 3.20. The van der Waals surface area contributed by atoms with Crippen molar-refractivity contribution < 1.29 is 18.1 Å². The second kappa shape index (κ2) is 9.30. The van der Waals surface area contributed by atoms with Crippen molar-refractivity contribution in [2.45, 2.75) is 44.9 Å². The van der Waals surface area contributed by atoms with E-state index >= 15 is 0 Å². The van der Waals surface area contributed by atoms with E-state index in [0.29, 0.717) is 23.8 Å². The number of carbonyl (C=O) groups is 1. The summed E-state index contributed by atoms with van der Waals surface area (Å²) in [6, 6.07) is 9.12. The highest BCUT2D eigenvalue weighted by Crippen LogP contribution is 2.26. The van der Waals surface area contributed by atoms with Crippen molar-refractivity contribution in [1.82, 2.24) is 15.1 Å². The molecule has 0 spiro atoms. The topological polar surface area (TPSA) is 68.9 Å². The van der Waals surface area contributed by atoms with Gasteiger partial charge in [-0.25, -0.2) is 8.78 Å². The van der Waals surface area contributed by atoms with E-state index in [-0.39, 0.29) is 23.7 Å². The van der Waals surface area contributed by atoms with E-state index in [4.69, 9.17) is 4.52 Å². The molecule has 2 heterocycles. The van der Waals surface area contributed by atoms with Gasteiger partial charge in [0.15, 0.2) is 23.2 Å². The zero-order valence-electron chi connectivity index (χ0n) is 15.6. The minimum Gasteiger partial charge on any atom is -0.332 e. The molecule has 0 saturated carbocycles. The molecule has 0 aliphatic rings. The number of Topliss-reactive ketones (excluding diaryl/α,β-unsaturated/α-hetero) is 1. The van der Waals surface area contributed by atoms with Gasteiger partial charge in [0.05, 0.1) is 5.56 Å². The Morgan fingerprint density at radius 2 is 2.00 bits per heavy atom. The van der Waals surface area contributed by atoms with Crippen molar-refractivity contribution in [2.75, 3.05) is 0 Å². The van der Waals surface area contributed by atoms with Crippen LogP contribution in [0, 0.1) is 11.6 Å². The lowest BCUT2D eigenvalue weighted by Crippen LogP contribution is -2.05. The first-order valence-corrected chi connectivity index (χ1v) is 9.32. The van der Waals surface area contributed by atoms with Gasteiger partial charge in [-0.15, -0.1) is 0 Å². The Kier molecular flexibility index (Phi) is 6.57. The number of ketones is 1. The van der Waals surface area contributed by atoms with Gasteiger partial charge >= 0.3 is 0 Å². The van der Waals surface area contributed by atoms with E-state index in [9.17, 15) is 13.6 Å². The second-order valence-electron chi connectivity index (χ2n) is 6.55. The van der Waals surface area contributed by atoms with Gasteiger partial charge in [0.25, 0.3) is 5.89 Å². The Bertz CT molecular complexity index is 928. The standard InChI is InChI=1S/C21H21F2N3O2/c1-2-14(20-25-21(28-26-20)17-11-5-6-13-24-17)8-3-4-12-18(27)15-9-7-10-16(22)19(15)23/h5-7,9-11,13-14H,2-4,8,12H2,1H3/t14-/m1/s1. The highest BCUT2D eigenvalue weighted by molar-refractivity contribution is 5.96. The zero-order chi connectivity index (χ0) is 19.9. The van der Waals surface area contributed by atoms with E-state index in [0.717, 1.165) is 25.3 Å². The molecule has 0 unspecified atom stereocenters. The van der Waals surface area contributed by atoms with E-state index in [1.165, 1.54) is 12.1 Å². The number of unbranched alkanes of at least 4 members (excludes halogenated alkanes) is 1. The van der Waals surface area contributed by atoms with Crippen LogP contribution in [-0.2, 0) is 0 Å². The smallest absolute Gasteiger partial charge is 0.276 e. The molecule has 0 aliphatic heterocycles. The molecule has 0 radical (unpaired) electrons. The van der Waals surface area contributed by atoms with E-state index in [2.05, 4.69) is 15.1 Å². The summed E-state index contributed by atoms with van der Waals surface area (Å²) in [5.41, 5.74) is 0.434. The zero-order valence-corrected chi connectivity index (χ0v) is 15.6. The second-order valence-corrected chi connectivity index (χ2v) is 6.55. The number of hydrogen-bond acceptors (Lipinski definition) is 5. The van der Waals surface area contributed by atoms with Gasteiger partial charge in [0.1, 0.15) is 5.69 Å². The molecular formula is C21H21F2N3O2. The highest BCUT2D eigenvalue weighted by atomic mass is 19.2. The number of carbonyl (C=O) groups excluding carboxylic acids is 1. The van der Waals surface area contributed by atoms with Crippen LogP contribution in [0.25, 0.3) is 11.6 Å². The monoisotopic (exact) mass is 385 g/mol. The molecule has 2 aromatic heterocycles. The fraction of sp³-hybridized carbons (Fsp3) is 0.333. The van der Waals surface area contributed by atoms with E-state index < -0.39 is 11.6 Å². The number of nitrogens with zero attached hydrogens (tertiary/aromatic N) is 3. The largest absolute Gasteiger partial charge is 0.332 e. The maximum absolute atomic E-state index is 13.7. The first kappa shape index (κ1) is 19.8. The van der Waals surface area contributed by atoms with E-state index in [1.807, 2.05) is 19.1 Å². The quantitative estimate of drug-likeness (QED) is 0.367. The van der Waals surface area contributed by atoms with Gasteiger partial charge in [-0.3, -0.25) is 9.78 Å². The van der Waals surface area contributed by atoms with Crippen molar-refractivity contribution in [3.63, 3.8) is 0 Å². The van der Waals surface area contributed by atoms with Crippen molar-refractivity contribution >= 4 is 5.78 Å². The van der Waals surface area contributed by atoms with Gasteiger partial charge in [-0.2, -0.15) is 4.98 Å². The number of hydrogen-bond donors (Lipinski definition) is 0. The summed E-state index contributed by atoms with van der Waals surface area (Å²) in [7, 11) is 0. The summed E-state index contributed by atoms with van der Waals surface area (Å²) in [5, 5.41) is 4.06. The number of rotatable bonds is 9. The molecular weight excluding hydrogens is 364 g/mol. The van der Waals surface area contributed by atoms with Crippen molar-refractivity contribution in [3.05, 3.63) is 65.6 Å². The van der Waals surface area contributed by atoms with Crippen LogP contribution in [0.1, 0.15) is 61.1 Å². The maximum Gasteiger partial charge on any atom is 0.276 e. The molecule has 0 N–H and O–H groups in total. The molecule has 7 heteroatoms. The summed E-state index contributed by atoms with van der Waals surface area (Å²) in [5.74, 6) is -1.37. The normalized spacial score (nSPS) is 12.1. The Hall–Kier alpha value is -2.96. The lowest BCUT2D eigenvalue weighted by molar-refractivity contribution is 0.0974. The Morgan fingerprint density at radius 3 is 2.75 bits per heavy atom. The summed E-state index contributed by atoms with van der Waals surface area (Å²) in [4.78, 5) is 20.7. The molecule has 0 bridgehead atoms. The van der Waals surface area contributed by atoms with Crippen LogP contribution in [0.2, 0.25) is 0 Å². The third kappa shape index (κ3) is 4.65.